The second kappa shape index (κ2) is 9.71. The molecule has 0 aromatic rings. The van der Waals surface area contributed by atoms with Crippen molar-refractivity contribution >= 4 is 0 Å². The van der Waals surface area contributed by atoms with Gasteiger partial charge in [-0.2, -0.15) is 0 Å². The second-order valence-electron chi connectivity index (χ2n) is 2.82. The van der Waals surface area contributed by atoms with Crippen molar-refractivity contribution in [3.05, 3.63) is 12.2 Å². The summed E-state index contributed by atoms with van der Waals surface area (Å²) in [6.07, 6.45) is 7.71. The maximum Gasteiger partial charge on any atom is 0.157 e. The third-order valence-electron chi connectivity index (χ3n) is 1.79. The van der Waals surface area contributed by atoms with E-state index in [0.29, 0.717) is 0 Å². The average molecular weight is 188 g/mol. The van der Waals surface area contributed by atoms with Gasteiger partial charge in [-0.1, -0.05) is 12.2 Å². The van der Waals surface area contributed by atoms with Gasteiger partial charge < -0.3 is 14.6 Å². The standard InChI is InChI=1S/C10H20O3/c1-12-10(13-2)8-6-4-3-5-7-9-11/h3-4,10-11H,5-9H2,1-2H3/b4-3-. The summed E-state index contributed by atoms with van der Waals surface area (Å²) in [5.41, 5.74) is 0. The van der Waals surface area contributed by atoms with Crippen LogP contribution in [0.4, 0.5) is 0 Å². The van der Waals surface area contributed by atoms with Crippen molar-refractivity contribution in [2.45, 2.75) is 32.0 Å². The van der Waals surface area contributed by atoms with E-state index < -0.39 is 0 Å². The number of rotatable bonds is 8. The van der Waals surface area contributed by atoms with Crippen LogP contribution in [0.2, 0.25) is 0 Å². The first-order valence-electron chi connectivity index (χ1n) is 4.66. The van der Waals surface area contributed by atoms with E-state index in [-0.39, 0.29) is 12.9 Å². The highest BCUT2D eigenvalue weighted by Gasteiger charge is 2.01. The zero-order valence-corrected chi connectivity index (χ0v) is 8.53. The molecule has 0 amide bonds. The Balaban J connectivity index is 3.26. The minimum absolute atomic E-state index is 0.0949. The monoisotopic (exact) mass is 188 g/mol. The van der Waals surface area contributed by atoms with Gasteiger partial charge in [0.15, 0.2) is 6.29 Å². The van der Waals surface area contributed by atoms with Gasteiger partial charge in [-0.3, -0.25) is 0 Å². The Bertz CT molecular complexity index is 119. The van der Waals surface area contributed by atoms with Crippen LogP contribution < -0.4 is 0 Å². The quantitative estimate of drug-likeness (QED) is 0.358. The molecular weight excluding hydrogens is 168 g/mol. The molecule has 0 fully saturated rings. The van der Waals surface area contributed by atoms with Gasteiger partial charge in [0.1, 0.15) is 0 Å². The van der Waals surface area contributed by atoms with Crippen LogP contribution >= 0.6 is 0 Å². The van der Waals surface area contributed by atoms with Gasteiger partial charge in [0.25, 0.3) is 0 Å². The molecule has 0 aromatic heterocycles. The summed E-state index contributed by atoms with van der Waals surface area (Å²) in [7, 11) is 3.29. The van der Waals surface area contributed by atoms with Crippen molar-refractivity contribution in [3.63, 3.8) is 0 Å². The molecule has 0 aliphatic carbocycles. The van der Waals surface area contributed by atoms with Crippen LogP contribution in [0.5, 0.6) is 0 Å². The molecule has 0 spiro atoms. The van der Waals surface area contributed by atoms with Crippen molar-refractivity contribution in [1.82, 2.24) is 0 Å². The molecule has 78 valence electrons. The molecule has 13 heavy (non-hydrogen) atoms. The summed E-state index contributed by atoms with van der Waals surface area (Å²) in [6, 6.07) is 0. The molecular formula is C10H20O3. The van der Waals surface area contributed by atoms with Gasteiger partial charge >= 0.3 is 0 Å². The summed E-state index contributed by atoms with van der Waals surface area (Å²) in [6.45, 7) is 0.267. The lowest BCUT2D eigenvalue weighted by Gasteiger charge is -2.10. The first-order valence-corrected chi connectivity index (χ1v) is 4.66. The number of ether oxygens (including phenoxy) is 2. The fraction of sp³-hybridized carbons (Fsp3) is 0.800. The lowest BCUT2D eigenvalue weighted by atomic mass is 10.2. The topological polar surface area (TPSA) is 38.7 Å². The Kier molecular flexibility index (Phi) is 9.42. The zero-order chi connectivity index (χ0) is 9.94. The van der Waals surface area contributed by atoms with Crippen LogP contribution in [-0.4, -0.2) is 32.2 Å². The fourth-order valence-electron chi connectivity index (χ4n) is 1.01. The van der Waals surface area contributed by atoms with E-state index in [9.17, 15) is 0 Å². The number of unbranched alkanes of at least 4 members (excludes halogenated alkanes) is 1. The van der Waals surface area contributed by atoms with Crippen LogP contribution in [0.15, 0.2) is 12.2 Å². The van der Waals surface area contributed by atoms with E-state index in [0.717, 1.165) is 25.7 Å². The highest BCUT2D eigenvalue weighted by molar-refractivity contribution is 4.81. The first kappa shape index (κ1) is 12.6. The summed E-state index contributed by atoms with van der Waals surface area (Å²) >= 11 is 0. The van der Waals surface area contributed by atoms with Crippen LogP contribution in [0, 0.1) is 0 Å². The van der Waals surface area contributed by atoms with E-state index in [4.69, 9.17) is 14.6 Å². The molecule has 0 unspecified atom stereocenters. The van der Waals surface area contributed by atoms with E-state index in [1.165, 1.54) is 0 Å². The number of hydrogen-bond acceptors (Lipinski definition) is 3. The third-order valence-corrected chi connectivity index (χ3v) is 1.79. The predicted octanol–water partition coefficient (Wildman–Crippen LogP) is 1.71. The van der Waals surface area contributed by atoms with Gasteiger partial charge in [0.2, 0.25) is 0 Å². The molecule has 0 aliphatic heterocycles. The number of aliphatic hydroxyl groups excluding tert-OH is 1. The van der Waals surface area contributed by atoms with E-state index in [1.807, 2.05) is 0 Å². The minimum atomic E-state index is -0.0949. The minimum Gasteiger partial charge on any atom is -0.396 e. The molecule has 0 aromatic carbocycles. The molecule has 3 heteroatoms. The zero-order valence-electron chi connectivity index (χ0n) is 8.53. The fourth-order valence-corrected chi connectivity index (χ4v) is 1.01. The molecule has 0 rings (SSSR count). The van der Waals surface area contributed by atoms with Crippen molar-refractivity contribution in [2.75, 3.05) is 20.8 Å². The van der Waals surface area contributed by atoms with E-state index in [2.05, 4.69) is 12.2 Å². The Labute approximate surface area is 80.4 Å². The van der Waals surface area contributed by atoms with Gasteiger partial charge in [0, 0.05) is 27.2 Å². The summed E-state index contributed by atoms with van der Waals surface area (Å²) in [4.78, 5) is 0. The maximum atomic E-state index is 8.51. The van der Waals surface area contributed by atoms with Crippen molar-refractivity contribution < 1.29 is 14.6 Å². The maximum absolute atomic E-state index is 8.51. The summed E-state index contributed by atoms with van der Waals surface area (Å²) in [5.74, 6) is 0. The number of allylic oxidation sites excluding steroid dienone is 2. The smallest absolute Gasteiger partial charge is 0.157 e. The van der Waals surface area contributed by atoms with Crippen molar-refractivity contribution in [1.29, 1.82) is 0 Å². The van der Waals surface area contributed by atoms with Crippen LogP contribution in [0.3, 0.4) is 0 Å². The average Bonchev–Trinajstić information content (AvgIpc) is 2.17. The third kappa shape index (κ3) is 7.96. The normalized spacial score (nSPS) is 11.7. The molecule has 0 bridgehead atoms. The van der Waals surface area contributed by atoms with Crippen molar-refractivity contribution in [3.8, 4) is 0 Å². The largest absolute Gasteiger partial charge is 0.396 e. The van der Waals surface area contributed by atoms with Gasteiger partial charge in [-0.05, 0) is 19.3 Å². The van der Waals surface area contributed by atoms with Crippen LogP contribution in [0.1, 0.15) is 25.7 Å². The molecule has 0 heterocycles. The SMILES string of the molecule is COC(CC/C=C\CCCO)OC. The molecule has 0 radical (unpaired) electrons. The number of hydrogen-bond donors (Lipinski definition) is 1. The highest BCUT2D eigenvalue weighted by Crippen LogP contribution is 2.03. The lowest BCUT2D eigenvalue weighted by molar-refractivity contribution is -0.105. The van der Waals surface area contributed by atoms with E-state index in [1.54, 1.807) is 14.2 Å². The molecule has 0 saturated heterocycles. The van der Waals surface area contributed by atoms with E-state index >= 15 is 0 Å². The van der Waals surface area contributed by atoms with Gasteiger partial charge in [-0.25, -0.2) is 0 Å². The molecule has 0 atom stereocenters. The Morgan fingerprint density at radius 1 is 1.15 bits per heavy atom. The highest BCUT2D eigenvalue weighted by atomic mass is 16.7. The lowest BCUT2D eigenvalue weighted by Crippen LogP contribution is -2.11. The summed E-state index contributed by atoms with van der Waals surface area (Å²) in [5, 5.41) is 8.51. The Morgan fingerprint density at radius 3 is 2.31 bits per heavy atom. The molecule has 1 N–H and O–H groups in total. The van der Waals surface area contributed by atoms with Crippen LogP contribution in [0.25, 0.3) is 0 Å². The Hall–Kier alpha value is -0.380. The number of methoxy groups -OCH3 is 2. The Morgan fingerprint density at radius 2 is 1.77 bits per heavy atom. The first-order chi connectivity index (χ1) is 6.35. The molecule has 0 saturated carbocycles. The van der Waals surface area contributed by atoms with Gasteiger partial charge in [0.05, 0.1) is 0 Å². The van der Waals surface area contributed by atoms with Crippen molar-refractivity contribution in [2.24, 2.45) is 0 Å². The molecule has 3 nitrogen and oxygen atoms in total. The second-order valence-corrected chi connectivity index (χ2v) is 2.82. The molecule has 0 aliphatic rings. The van der Waals surface area contributed by atoms with Crippen LogP contribution in [-0.2, 0) is 9.47 Å². The summed E-state index contributed by atoms with van der Waals surface area (Å²) < 4.78 is 10.1. The van der Waals surface area contributed by atoms with Gasteiger partial charge in [-0.15, -0.1) is 0 Å². The predicted molar refractivity (Wildman–Crippen MR) is 52.5 cm³/mol. The number of aliphatic hydroxyl groups is 1.